The number of nitrogens with one attached hydrogen (secondary N) is 1. The minimum Gasteiger partial charge on any atom is -0.495 e. The maximum Gasteiger partial charge on any atom is 0.292 e. The molecule has 0 spiro atoms. The molecule has 0 heterocycles. The first-order valence-electron chi connectivity index (χ1n) is 5.65. The number of methoxy groups -OCH3 is 1. The lowest BCUT2D eigenvalue weighted by Gasteiger charge is -2.10. The molecule has 104 valence electrons. The summed E-state index contributed by atoms with van der Waals surface area (Å²) >= 11 is 5.93. The van der Waals surface area contributed by atoms with Crippen molar-refractivity contribution >= 4 is 34.4 Å². The molecule has 0 bridgehead atoms. The zero-order valence-corrected chi connectivity index (χ0v) is 11.3. The molecule has 0 fully saturated rings. The van der Waals surface area contributed by atoms with Crippen LogP contribution in [0, 0.1) is 10.1 Å². The molecule has 0 saturated heterocycles. The largest absolute Gasteiger partial charge is 0.495 e. The van der Waals surface area contributed by atoms with Gasteiger partial charge in [-0.1, -0.05) is 11.6 Å². The highest BCUT2D eigenvalue weighted by Gasteiger charge is 2.11. The molecule has 0 amide bonds. The van der Waals surface area contributed by atoms with Gasteiger partial charge in [0.1, 0.15) is 11.4 Å². The summed E-state index contributed by atoms with van der Waals surface area (Å²) in [6.07, 6.45) is 0. The van der Waals surface area contributed by atoms with Crippen LogP contribution in [0.3, 0.4) is 0 Å². The average Bonchev–Trinajstić information content (AvgIpc) is 2.40. The predicted molar refractivity (Wildman–Crippen MR) is 78.8 cm³/mol. The smallest absolute Gasteiger partial charge is 0.292 e. The van der Waals surface area contributed by atoms with E-state index in [1.165, 1.54) is 19.2 Å². The van der Waals surface area contributed by atoms with Gasteiger partial charge in [-0.3, -0.25) is 10.1 Å². The van der Waals surface area contributed by atoms with Gasteiger partial charge in [-0.25, -0.2) is 0 Å². The van der Waals surface area contributed by atoms with Crippen molar-refractivity contribution in [3.05, 3.63) is 51.5 Å². The van der Waals surface area contributed by atoms with E-state index >= 15 is 0 Å². The Morgan fingerprint density at radius 3 is 2.50 bits per heavy atom. The second-order valence-corrected chi connectivity index (χ2v) is 4.41. The van der Waals surface area contributed by atoms with Crippen LogP contribution < -0.4 is 15.8 Å². The number of nitro groups is 1. The van der Waals surface area contributed by atoms with Crippen molar-refractivity contribution in [2.24, 2.45) is 0 Å². The van der Waals surface area contributed by atoms with Gasteiger partial charge in [0, 0.05) is 23.5 Å². The Kier molecular flexibility index (Phi) is 3.95. The molecule has 7 heteroatoms. The average molecular weight is 294 g/mol. The maximum absolute atomic E-state index is 10.7. The third-order valence-electron chi connectivity index (χ3n) is 2.66. The molecule has 2 aromatic rings. The number of nitrogens with two attached hydrogens (primary N) is 1. The van der Waals surface area contributed by atoms with Crippen molar-refractivity contribution in [1.82, 2.24) is 0 Å². The first-order valence-corrected chi connectivity index (χ1v) is 6.03. The van der Waals surface area contributed by atoms with Gasteiger partial charge in [0.15, 0.2) is 0 Å². The lowest BCUT2D eigenvalue weighted by Crippen LogP contribution is -1.97. The van der Waals surface area contributed by atoms with E-state index in [0.29, 0.717) is 16.5 Å². The molecular weight excluding hydrogens is 282 g/mol. The summed E-state index contributed by atoms with van der Waals surface area (Å²) in [6, 6.07) is 9.61. The molecule has 3 N–H and O–H groups in total. The van der Waals surface area contributed by atoms with Crippen molar-refractivity contribution in [2.75, 3.05) is 18.2 Å². The van der Waals surface area contributed by atoms with Crippen LogP contribution in [0.25, 0.3) is 0 Å². The topological polar surface area (TPSA) is 90.4 Å². The minimum atomic E-state index is -0.523. The van der Waals surface area contributed by atoms with Gasteiger partial charge in [0.05, 0.1) is 17.1 Å². The fourth-order valence-corrected chi connectivity index (χ4v) is 1.90. The molecule has 20 heavy (non-hydrogen) atoms. The molecule has 2 aromatic carbocycles. The van der Waals surface area contributed by atoms with Gasteiger partial charge in [0.2, 0.25) is 0 Å². The molecule has 0 aliphatic rings. The molecule has 0 saturated carbocycles. The van der Waals surface area contributed by atoms with Gasteiger partial charge in [-0.05, 0) is 24.3 Å². The number of nitrogen functional groups attached to an aromatic ring is 1. The van der Waals surface area contributed by atoms with E-state index in [4.69, 9.17) is 22.1 Å². The van der Waals surface area contributed by atoms with E-state index in [1.54, 1.807) is 24.3 Å². The van der Waals surface area contributed by atoms with Crippen LogP contribution >= 0.6 is 11.6 Å². The van der Waals surface area contributed by atoms with E-state index < -0.39 is 4.92 Å². The van der Waals surface area contributed by atoms with Crippen LogP contribution in [-0.4, -0.2) is 12.0 Å². The second-order valence-electron chi connectivity index (χ2n) is 4.01. The zero-order valence-electron chi connectivity index (χ0n) is 10.6. The molecule has 6 nitrogen and oxygen atoms in total. The summed E-state index contributed by atoms with van der Waals surface area (Å²) in [6.45, 7) is 0. The van der Waals surface area contributed by atoms with Gasteiger partial charge in [-0.15, -0.1) is 0 Å². The van der Waals surface area contributed by atoms with Crippen molar-refractivity contribution < 1.29 is 9.66 Å². The second kappa shape index (κ2) is 5.66. The Balaban J connectivity index is 2.26. The quantitative estimate of drug-likeness (QED) is 0.511. The number of nitro benzene ring substituents is 1. The molecule has 0 aromatic heterocycles. The van der Waals surface area contributed by atoms with E-state index in [1.807, 2.05) is 0 Å². The molecule has 0 radical (unpaired) electrons. The predicted octanol–water partition coefficient (Wildman–Crippen LogP) is 3.58. The number of ether oxygens (including phenoxy) is 1. The summed E-state index contributed by atoms with van der Waals surface area (Å²) in [7, 11) is 1.52. The number of benzene rings is 2. The van der Waals surface area contributed by atoms with Crippen LogP contribution in [0.1, 0.15) is 0 Å². The highest BCUT2D eigenvalue weighted by atomic mass is 35.5. The Hall–Kier alpha value is -2.47. The first-order chi connectivity index (χ1) is 9.51. The maximum atomic E-state index is 10.7. The number of rotatable bonds is 4. The van der Waals surface area contributed by atoms with Crippen LogP contribution in [0.15, 0.2) is 36.4 Å². The van der Waals surface area contributed by atoms with Gasteiger partial charge >= 0.3 is 0 Å². The summed E-state index contributed by atoms with van der Waals surface area (Å²) in [4.78, 5) is 10.2. The SMILES string of the molecule is COc1cc(Nc2ccc([N+](=O)[O-])c(N)c2)ccc1Cl. The highest BCUT2D eigenvalue weighted by Crippen LogP contribution is 2.31. The number of nitrogens with zero attached hydrogens (tertiary/aromatic N) is 1. The zero-order chi connectivity index (χ0) is 14.7. The number of halogens is 1. The van der Waals surface area contributed by atoms with Crippen LogP contribution in [0.5, 0.6) is 5.75 Å². The molecule has 0 aliphatic carbocycles. The summed E-state index contributed by atoms with van der Waals surface area (Å²) in [5.41, 5.74) is 6.98. The normalized spacial score (nSPS) is 10.1. The Labute approximate surface area is 120 Å². The van der Waals surface area contributed by atoms with Crippen LogP contribution in [-0.2, 0) is 0 Å². The van der Waals surface area contributed by atoms with E-state index in [0.717, 1.165) is 5.69 Å². The van der Waals surface area contributed by atoms with Gasteiger partial charge in [-0.2, -0.15) is 0 Å². The Morgan fingerprint density at radius 2 is 1.90 bits per heavy atom. The number of hydrogen-bond acceptors (Lipinski definition) is 5. The fraction of sp³-hybridized carbons (Fsp3) is 0.0769. The first kappa shape index (κ1) is 14.0. The lowest BCUT2D eigenvalue weighted by atomic mass is 10.2. The van der Waals surface area contributed by atoms with Crippen molar-refractivity contribution in [3.63, 3.8) is 0 Å². The van der Waals surface area contributed by atoms with E-state index in [-0.39, 0.29) is 11.4 Å². The summed E-state index contributed by atoms with van der Waals surface area (Å²) in [5.74, 6) is 0.534. The molecule has 0 atom stereocenters. The third-order valence-corrected chi connectivity index (χ3v) is 2.98. The fourth-order valence-electron chi connectivity index (χ4n) is 1.70. The van der Waals surface area contributed by atoms with Crippen molar-refractivity contribution in [2.45, 2.75) is 0 Å². The minimum absolute atomic E-state index is 0.0981. The molecule has 0 aliphatic heterocycles. The van der Waals surface area contributed by atoms with E-state index in [2.05, 4.69) is 5.32 Å². The molecular formula is C13H12ClN3O3. The standard InChI is InChI=1S/C13H12ClN3O3/c1-20-13-7-9(2-4-10(13)14)16-8-3-5-12(17(18)19)11(15)6-8/h2-7,16H,15H2,1H3. The number of anilines is 3. The van der Waals surface area contributed by atoms with Crippen molar-refractivity contribution in [1.29, 1.82) is 0 Å². The van der Waals surface area contributed by atoms with Crippen LogP contribution in [0.4, 0.5) is 22.7 Å². The lowest BCUT2D eigenvalue weighted by molar-refractivity contribution is -0.383. The third kappa shape index (κ3) is 2.92. The van der Waals surface area contributed by atoms with Gasteiger partial charge in [0.25, 0.3) is 5.69 Å². The van der Waals surface area contributed by atoms with Crippen molar-refractivity contribution in [3.8, 4) is 5.75 Å². The van der Waals surface area contributed by atoms with E-state index in [9.17, 15) is 10.1 Å². The van der Waals surface area contributed by atoms with Gasteiger partial charge < -0.3 is 15.8 Å². The molecule has 0 unspecified atom stereocenters. The Morgan fingerprint density at radius 1 is 1.25 bits per heavy atom. The Bertz CT molecular complexity index is 661. The monoisotopic (exact) mass is 293 g/mol. The summed E-state index contributed by atoms with van der Waals surface area (Å²) in [5, 5.41) is 14.3. The highest BCUT2D eigenvalue weighted by molar-refractivity contribution is 6.32. The summed E-state index contributed by atoms with van der Waals surface area (Å²) < 4.78 is 5.11. The molecule has 2 rings (SSSR count). The van der Waals surface area contributed by atoms with Crippen LogP contribution in [0.2, 0.25) is 5.02 Å². The number of hydrogen-bond donors (Lipinski definition) is 2.